The maximum atomic E-state index is 9.31. The Morgan fingerprint density at radius 3 is 1.56 bits per heavy atom. The summed E-state index contributed by atoms with van der Waals surface area (Å²) in [6, 6.07) is 87.1. The fourth-order valence-corrected chi connectivity index (χ4v) is 18.7. The van der Waals surface area contributed by atoms with Crippen molar-refractivity contribution in [3.63, 3.8) is 0 Å². The van der Waals surface area contributed by atoms with Crippen molar-refractivity contribution in [2.45, 2.75) is 139 Å². The molecule has 10 heterocycles. The van der Waals surface area contributed by atoms with Crippen LogP contribution in [0.3, 0.4) is 0 Å². The fraction of sp³-hybridized carbons (Fsp3) is 0.231. The number of pyridine rings is 6. The molecular formula is C104H105N14+. The van der Waals surface area contributed by atoms with Crippen molar-refractivity contribution in [3.8, 4) is 11.3 Å². The van der Waals surface area contributed by atoms with Crippen molar-refractivity contribution in [1.82, 2.24) is 24.9 Å². The van der Waals surface area contributed by atoms with Gasteiger partial charge in [-0.25, -0.2) is 9.55 Å². The highest BCUT2D eigenvalue weighted by Gasteiger charge is 2.40. The number of hydrogen-bond acceptors (Lipinski definition) is 13. The zero-order valence-electron chi connectivity index (χ0n) is 71.3. The first-order chi connectivity index (χ1) is 57.8. The van der Waals surface area contributed by atoms with Gasteiger partial charge >= 0.3 is 0 Å². The van der Waals surface area contributed by atoms with E-state index in [2.05, 4.69) is 404 Å². The SMILES string of the molecule is Cc1c(N2c3ccccc3N(C)[C@@H]2C)cnc2ccccc12.Cc1c(N2c3ccccc3N(C)[C@@H]2C)ncc2ccccc12.Cc1c(N2c3ccccc3N(c3ccccc3)[C@@H]2C)ccc2ncccc12.Cc1cnc2c(C)c(-c3ccc(C)c[n+]3C)ccc2c1.[2H]C1(N2c3ccccc3N(c3ccc4cnccc4c3C)[C@H]2C)CCCCC1. The van der Waals surface area contributed by atoms with Crippen LogP contribution >= 0.6 is 0 Å². The monoisotopic (exact) mass is 1550 g/mol. The molecule has 5 aliphatic rings. The molecule has 4 aliphatic heterocycles. The summed E-state index contributed by atoms with van der Waals surface area (Å²) in [6.45, 7) is 24.1. The Morgan fingerprint density at radius 1 is 0.347 bits per heavy atom. The van der Waals surface area contributed by atoms with Gasteiger partial charge in [-0.1, -0.05) is 147 Å². The second-order valence-electron chi connectivity index (χ2n) is 32.1. The number of fused-ring (bicyclic) bond motifs is 9. The van der Waals surface area contributed by atoms with Crippen LogP contribution in [-0.2, 0) is 7.05 Å². The molecule has 1 saturated carbocycles. The number of benzene rings is 10. The Balaban J connectivity index is 0.000000107. The van der Waals surface area contributed by atoms with Gasteiger partial charge in [0.2, 0.25) is 5.69 Å². The first-order valence-corrected chi connectivity index (χ1v) is 41.6. The normalized spacial score (nSPS) is 16.9. The van der Waals surface area contributed by atoms with Gasteiger partial charge in [0.05, 0.1) is 80.9 Å². The third-order valence-electron chi connectivity index (χ3n) is 25.0. The van der Waals surface area contributed by atoms with E-state index in [0.717, 1.165) is 48.1 Å². The van der Waals surface area contributed by atoms with Crippen LogP contribution in [0.15, 0.2) is 292 Å². The van der Waals surface area contributed by atoms with E-state index in [4.69, 9.17) is 4.98 Å². The standard InChI is InChI=1S/C24H21N3.C24H27N3.2C19H19N3.C18H19N2/c1-17-20-11-8-16-25-21(20)14-15-22(17)27-18(2)26(19-9-4-3-5-10-19)23-12-6-7-13-24(23)27;1-17-21-14-15-25-16-19(21)12-13-22(17)27-18(2)26(20-8-4-3-5-9-20)23-10-6-7-11-24(23)27;1-13-15-8-4-5-9-16(15)20-12-19(13)22-14(2)21(3)17-10-6-7-11-18(17)22;1-13-16-9-5-4-8-15(16)12-20-19(13)22-14(2)21(3)17-10-6-7-11-18(17)22;1-12-5-8-17(20(4)11-12)16-7-6-15-9-13(2)10-19-18(15)14(16)3/h3-16,18H,1-2H3;6-7,10-16,18,20H,3-5,8-9H2,1-2H3;2*4-12,14H,1-3H3;5-11H,1-4H3/q;;;;+1/t2*18-;2*14-;/m0000./s1/i;20D;;;. The van der Waals surface area contributed by atoms with Crippen molar-refractivity contribution in [3.05, 3.63) is 331 Å². The maximum Gasteiger partial charge on any atom is 0.212 e. The minimum absolute atomic E-state index is 0.117. The molecule has 0 radical (unpaired) electrons. The van der Waals surface area contributed by atoms with Gasteiger partial charge in [0, 0.05) is 107 Å². The second kappa shape index (κ2) is 32.8. The van der Waals surface area contributed by atoms with Crippen molar-refractivity contribution in [1.29, 1.82) is 0 Å². The summed E-state index contributed by atoms with van der Waals surface area (Å²) in [5.74, 6) is 1.04. The van der Waals surface area contributed by atoms with Gasteiger partial charge in [-0.05, 0) is 248 Å². The topological polar surface area (TPSA) is 94.2 Å². The van der Waals surface area contributed by atoms with Crippen molar-refractivity contribution >= 4 is 128 Å². The lowest BCUT2D eigenvalue weighted by molar-refractivity contribution is -0.660. The molecule has 16 aromatic rings. The molecule has 14 nitrogen and oxygen atoms in total. The molecule has 6 aromatic heterocycles. The highest BCUT2D eigenvalue weighted by Crippen LogP contribution is 2.52. The molecule has 0 bridgehead atoms. The minimum Gasteiger partial charge on any atom is -0.353 e. The molecule has 0 spiro atoms. The largest absolute Gasteiger partial charge is 0.353 e. The average molecular weight is 1550 g/mol. The van der Waals surface area contributed by atoms with Gasteiger partial charge in [0.25, 0.3) is 0 Å². The molecule has 118 heavy (non-hydrogen) atoms. The minimum atomic E-state index is -0.517. The Bertz CT molecular complexity index is 6320. The highest BCUT2D eigenvalue weighted by molar-refractivity contribution is 5.98. The lowest BCUT2D eigenvalue weighted by atomic mass is 9.93. The summed E-state index contributed by atoms with van der Waals surface area (Å²) in [4.78, 5) is 41.8. The number of rotatable bonds is 7. The van der Waals surface area contributed by atoms with Gasteiger partial charge in [-0.2, -0.15) is 0 Å². The molecule has 4 atom stereocenters. The van der Waals surface area contributed by atoms with Gasteiger partial charge in [0.15, 0.2) is 6.20 Å². The maximum absolute atomic E-state index is 9.31. The van der Waals surface area contributed by atoms with E-state index in [9.17, 15) is 1.37 Å². The Labute approximate surface area is 696 Å². The van der Waals surface area contributed by atoms with Crippen LogP contribution in [0.5, 0.6) is 0 Å². The van der Waals surface area contributed by atoms with E-state index in [-0.39, 0.29) is 24.7 Å². The van der Waals surface area contributed by atoms with Gasteiger partial charge in [-0.15, -0.1) is 0 Å². The molecule has 1 aliphatic carbocycles. The average Bonchev–Trinajstić information content (AvgIpc) is 1.68. The summed E-state index contributed by atoms with van der Waals surface area (Å²) in [5, 5.41) is 8.51. The molecule has 0 amide bonds. The summed E-state index contributed by atoms with van der Waals surface area (Å²) in [5.41, 5.74) is 29.1. The zero-order valence-corrected chi connectivity index (χ0v) is 70.3. The number of hydrogen-bond donors (Lipinski definition) is 0. The highest BCUT2D eigenvalue weighted by atomic mass is 15.4. The lowest BCUT2D eigenvalue weighted by Gasteiger charge is -2.38. The van der Waals surface area contributed by atoms with E-state index in [1.54, 1.807) is 0 Å². The van der Waals surface area contributed by atoms with Crippen LogP contribution in [0.1, 0.15) is 100 Å². The van der Waals surface area contributed by atoms with Crippen molar-refractivity contribution < 1.29 is 5.94 Å². The van der Waals surface area contributed by atoms with E-state index < -0.39 is 6.02 Å². The first kappa shape index (κ1) is 76.1. The third kappa shape index (κ3) is 14.2. The van der Waals surface area contributed by atoms with Crippen LogP contribution in [0.25, 0.3) is 65.5 Å². The Morgan fingerprint density at radius 2 is 0.864 bits per heavy atom. The molecule has 14 heteroatoms. The zero-order chi connectivity index (χ0) is 82.5. The summed E-state index contributed by atoms with van der Waals surface area (Å²) in [7, 11) is 6.38. The fourth-order valence-electron chi connectivity index (χ4n) is 18.7. The van der Waals surface area contributed by atoms with E-state index in [1.165, 1.54) is 163 Å². The first-order valence-electron chi connectivity index (χ1n) is 42.1. The smallest absolute Gasteiger partial charge is 0.212 e. The number of para-hydroxylation sites is 10. The van der Waals surface area contributed by atoms with E-state index >= 15 is 0 Å². The number of nitrogens with zero attached hydrogens (tertiary/aromatic N) is 14. The summed E-state index contributed by atoms with van der Waals surface area (Å²) >= 11 is 0. The predicted molar refractivity (Wildman–Crippen MR) is 495 cm³/mol. The Kier molecular flexibility index (Phi) is 21.2. The molecule has 10 aromatic carbocycles. The Hall–Kier alpha value is -13.2. The third-order valence-corrected chi connectivity index (χ3v) is 25.0. The van der Waals surface area contributed by atoms with Gasteiger partial charge in [-0.3, -0.25) is 19.9 Å². The van der Waals surface area contributed by atoms with Gasteiger partial charge < -0.3 is 39.2 Å². The van der Waals surface area contributed by atoms with Gasteiger partial charge in [0.1, 0.15) is 37.5 Å². The summed E-state index contributed by atoms with van der Waals surface area (Å²) < 4.78 is 11.5. The van der Waals surface area contributed by atoms with E-state index in [1.807, 2.05) is 49.3 Å². The molecule has 0 unspecified atom stereocenters. The molecule has 590 valence electrons. The van der Waals surface area contributed by atoms with Crippen LogP contribution in [-0.4, -0.2) is 69.7 Å². The van der Waals surface area contributed by atoms with Crippen LogP contribution in [0.2, 0.25) is 0 Å². The molecular weight excluding hydrogens is 1450 g/mol. The van der Waals surface area contributed by atoms with Crippen LogP contribution in [0, 0.1) is 48.5 Å². The molecule has 0 N–H and O–H groups in total. The number of aromatic nitrogens is 6. The second-order valence-corrected chi connectivity index (χ2v) is 32.1. The van der Waals surface area contributed by atoms with Crippen LogP contribution in [0.4, 0.5) is 74.1 Å². The summed E-state index contributed by atoms with van der Waals surface area (Å²) in [6.07, 6.45) is 20.0. The molecule has 0 saturated heterocycles. The predicted octanol–water partition coefficient (Wildman–Crippen LogP) is 25.0. The van der Waals surface area contributed by atoms with Crippen molar-refractivity contribution in [2.75, 3.05) is 53.3 Å². The number of anilines is 13. The lowest BCUT2D eigenvalue weighted by Crippen LogP contribution is -2.45. The number of aryl methyl sites for hydroxylation is 8. The quantitative estimate of drug-likeness (QED) is 0.142. The molecule has 1 fully saturated rings. The van der Waals surface area contributed by atoms with E-state index in [0.29, 0.717) is 0 Å². The molecule has 21 rings (SSSR count). The van der Waals surface area contributed by atoms with Crippen molar-refractivity contribution in [2.24, 2.45) is 7.05 Å². The van der Waals surface area contributed by atoms with Crippen LogP contribution < -0.4 is 43.8 Å².